The third-order valence-electron chi connectivity index (χ3n) is 4.27. The zero-order valence-corrected chi connectivity index (χ0v) is 12.7. The minimum Gasteiger partial charge on any atom is -0.357 e. The van der Waals surface area contributed by atoms with E-state index in [2.05, 4.69) is 44.5 Å². The Morgan fingerprint density at radius 2 is 2.00 bits per heavy atom. The second kappa shape index (κ2) is 5.31. The lowest BCUT2D eigenvalue weighted by molar-refractivity contribution is 0.379. The van der Waals surface area contributed by atoms with Crippen LogP contribution in [0, 0.1) is 11.3 Å². The van der Waals surface area contributed by atoms with E-state index in [1.54, 1.807) is 17.9 Å². The van der Waals surface area contributed by atoms with E-state index >= 15 is 0 Å². The zero-order chi connectivity index (χ0) is 14.9. The molecule has 7 heteroatoms. The molecule has 0 spiro atoms. The first-order valence-corrected chi connectivity index (χ1v) is 7.31. The summed E-state index contributed by atoms with van der Waals surface area (Å²) >= 11 is 0. The summed E-state index contributed by atoms with van der Waals surface area (Å²) in [5.74, 6) is 2.30. The number of nitrogens with one attached hydrogen (secondary N) is 2. The summed E-state index contributed by atoms with van der Waals surface area (Å²) in [7, 11) is 1.79. The summed E-state index contributed by atoms with van der Waals surface area (Å²) in [5, 5.41) is 10.5. The molecule has 0 unspecified atom stereocenters. The second-order valence-corrected chi connectivity index (χ2v) is 5.85. The Bertz CT molecular complexity index is 602. The molecule has 0 amide bonds. The molecule has 21 heavy (non-hydrogen) atoms. The number of nitrogens with zero attached hydrogens (tertiary/aromatic N) is 5. The zero-order valence-electron chi connectivity index (χ0n) is 12.7. The molecule has 0 radical (unpaired) electrons. The molecular formula is C14H21N7. The lowest BCUT2D eigenvalue weighted by Gasteiger charge is -2.20. The van der Waals surface area contributed by atoms with Gasteiger partial charge in [0.2, 0.25) is 11.9 Å². The van der Waals surface area contributed by atoms with E-state index < -0.39 is 0 Å². The predicted molar refractivity (Wildman–Crippen MR) is 81.5 cm³/mol. The van der Waals surface area contributed by atoms with Gasteiger partial charge in [-0.05, 0) is 30.2 Å². The molecule has 1 saturated carbocycles. The molecule has 1 aliphatic rings. The lowest BCUT2D eigenvalue weighted by Crippen LogP contribution is -2.22. The largest absolute Gasteiger partial charge is 0.357 e. The Labute approximate surface area is 124 Å². The van der Waals surface area contributed by atoms with E-state index in [0.29, 0.717) is 29.2 Å². The standard InChI is InChI=1S/C14H21N7/c1-10(2)14(5-6-14)9-16-12-18-11(15-3)19-13(20-12)21-8-4-7-17-21/h4,7-8,10H,5-6,9H2,1-3H3,(H2,15,16,18,19,20). The molecule has 0 bridgehead atoms. The van der Waals surface area contributed by atoms with Gasteiger partial charge in [-0.15, -0.1) is 0 Å². The molecule has 7 nitrogen and oxygen atoms in total. The van der Waals surface area contributed by atoms with Crippen molar-refractivity contribution in [2.75, 3.05) is 24.2 Å². The molecule has 2 aromatic heterocycles. The van der Waals surface area contributed by atoms with Crippen LogP contribution in [-0.2, 0) is 0 Å². The van der Waals surface area contributed by atoms with Crippen molar-refractivity contribution < 1.29 is 0 Å². The topological polar surface area (TPSA) is 80.5 Å². The fourth-order valence-corrected chi connectivity index (χ4v) is 2.42. The van der Waals surface area contributed by atoms with Gasteiger partial charge < -0.3 is 10.6 Å². The molecule has 1 aliphatic carbocycles. The molecule has 2 heterocycles. The molecule has 0 aromatic carbocycles. The summed E-state index contributed by atoms with van der Waals surface area (Å²) in [6.07, 6.45) is 6.06. The summed E-state index contributed by atoms with van der Waals surface area (Å²) < 4.78 is 1.63. The van der Waals surface area contributed by atoms with Crippen LogP contribution < -0.4 is 10.6 Å². The molecule has 0 aliphatic heterocycles. The van der Waals surface area contributed by atoms with E-state index in [1.807, 2.05) is 12.3 Å². The predicted octanol–water partition coefficient (Wildman–Crippen LogP) is 1.95. The summed E-state index contributed by atoms with van der Waals surface area (Å²) in [5.41, 5.74) is 0.401. The summed E-state index contributed by atoms with van der Waals surface area (Å²) in [4.78, 5) is 13.1. The van der Waals surface area contributed by atoms with Crippen molar-refractivity contribution in [1.29, 1.82) is 0 Å². The van der Waals surface area contributed by atoms with Crippen LogP contribution in [0.4, 0.5) is 11.9 Å². The first-order valence-electron chi connectivity index (χ1n) is 7.31. The molecule has 0 saturated heterocycles. The van der Waals surface area contributed by atoms with Crippen LogP contribution in [0.15, 0.2) is 18.5 Å². The van der Waals surface area contributed by atoms with Gasteiger partial charge in [-0.2, -0.15) is 20.1 Å². The van der Waals surface area contributed by atoms with Crippen LogP contribution in [0.25, 0.3) is 5.95 Å². The molecule has 1 fully saturated rings. The molecule has 2 N–H and O–H groups in total. The van der Waals surface area contributed by atoms with E-state index in [0.717, 1.165) is 6.54 Å². The number of hydrogen-bond donors (Lipinski definition) is 2. The van der Waals surface area contributed by atoms with Crippen LogP contribution in [0.5, 0.6) is 0 Å². The van der Waals surface area contributed by atoms with Crippen LogP contribution in [0.3, 0.4) is 0 Å². The fourth-order valence-electron chi connectivity index (χ4n) is 2.42. The van der Waals surface area contributed by atoms with Crippen molar-refractivity contribution in [3.63, 3.8) is 0 Å². The Hall–Kier alpha value is -2.18. The average Bonchev–Trinajstić information content (AvgIpc) is 3.09. The fraction of sp³-hybridized carbons (Fsp3) is 0.571. The Morgan fingerprint density at radius 3 is 2.57 bits per heavy atom. The van der Waals surface area contributed by atoms with Crippen molar-refractivity contribution in [3.05, 3.63) is 18.5 Å². The summed E-state index contributed by atoms with van der Waals surface area (Å²) in [6.45, 7) is 5.45. The van der Waals surface area contributed by atoms with E-state index in [-0.39, 0.29) is 0 Å². The van der Waals surface area contributed by atoms with Gasteiger partial charge in [0, 0.05) is 26.0 Å². The molecule has 3 rings (SSSR count). The van der Waals surface area contributed by atoms with Gasteiger partial charge in [0.25, 0.3) is 5.95 Å². The number of rotatable bonds is 6. The van der Waals surface area contributed by atoms with Gasteiger partial charge in [0.05, 0.1) is 0 Å². The number of anilines is 2. The van der Waals surface area contributed by atoms with Gasteiger partial charge in [0.15, 0.2) is 0 Å². The van der Waals surface area contributed by atoms with Crippen LogP contribution in [0.1, 0.15) is 26.7 Å². The highest BCUT2D eigenvalue weighted by Crippen LogP contribution is 2.51. The number of aromatic nitrogens is 5. The molecule has 112 valence electrons. The highest BCUT2D eigenvalue weighted by molar-refractivity contribution is 5.37. The third kappa shape index (κ3) is 2.81. The van der Waals surface area contributed by atoms with Crippen molar-refractivity contribution >= 4 is 11.9 Å². The molecular weight excluding hydrogens is 266 g/mol. The Morgan fingerprint density at radius 1 is 1.24 bits per heavy atom. The first-order chi connectivity index (χ1) is 10.1. The normalized spacial score (nSPS) is 16.0. The highest BCUT2D eigenvalue weighted by Gasteiger charge is 2.45. The average molecular weight is 287 g/mol. The van der Waals surface area contributed by atoms with Crippen LogP contribution in [0.2, 0.25) is 0 Å². The van der Waals surface area contributed by atoms with Gasteiger partial charge in [-0.1, -0.05) is 13.8 Å². The van der Waals surface area contributed by atoms with E-state index in [1.165, 1.54) is 12.8 Å². The minimum absolute atomic E-state index is 0.401. The lowest BCUT2D eigenvalue weighted by atomic mass is 9.92. The quantitative estimate of drug-likeness (QED) is 0.845. The molecule has 0 atom stereocenters. The van der Waals surface area contributed by atoms with Crippen LogP contribution >= 0.6 is 0 Å². The van der Waals surface area contributed by atoms with Crippen molar-refractivity contribution in [1.82, 2.24) is 24.7 Å². The Balaban J connectivity index is 1.80. The third-order valence-corrected chi connectivity index (χ3v) is 4.27. The second-order valence-electron chi connectivity index (χ2n) is 5.85. The summed E-state index contributed by atoms with van der Waals surface area (Å²) in [6, 6.07) is 1.84. The maximum Gasteiger partial charge on any atom is 0.257 e. The van der Waals surface area contributed by atoms with Gasteiger partial charge >= 0.3 is 0 Å². The van der Waals surface area contributed by atoms with Gasteiger partial charge in [-0.3, -0.25) is 0 Å². The molecule has 2 aromatic rings. The monoisotopic (exact) mass is 287 g/mol. The SMILES string of the molecule is CNc1nc(NCC2(C(C)C)CC2)nc(-n2cccn2)n1. The minimum atomic E-state index is 0.401. The van der Waals surface area contributed by atoms with Gasteiger partial charge in [0.1, 0.15) is 0 Å². The highest BCUT2D eigenvalue weighted by atomic mass is 15.4. The van der Waals surface area contributed by atoms with Crippen molar-refractivity contribution in [3.8, 4) is 5.95 Å². The van der Waals surface area contributed by atoms with Crippen molar-refractivity contribution in [2.24, 2.45) is 11.3 Å². The maximum absolute atomic E-state index is 4.44. The van der Waals surface area contributed by atoms with E-state index in [4.69, 9.17) is 0 Å². The van der Waals surface area contributed by atoms with Crippen LogP contribution in [-0.4, -0.2) is 38.3 Å². The van der Waals surface area contributed by atoms with Crippen molar-refractivity contribution in [2.45, 2.75) is 26.7 Å². The Kier molecular flexibility index (Phi) is 3.48. The maximum atomic E-state index is 4.44. The smallest absolute Gasteiger partial charge is 0.257 e. The van der Waals surface area contributed by atoms with E-state index in [9.17, 15) is 0 Å². The first kappa shape index (κ1) is 13.8. The number of hydrogen-bond acceptors (Lipinski definition) is 6. The van der Waals surface area contributed by atoms with Gasteiger partial charge in [-0.25, -0.2) is 4.68 Å².